The summed E-state index contributed by atoms with van der Waals surface area (Å²) in [4.78, 5) is 10.3. The van der Waals surface area contributed by atoms with Crippen LogP contribution in [0.1, 0.15) is 198 Å². The third-order valence-electron chi connectivity index (χ3n) is 12.0. The van der Waals surface area contributed by atoms with Gasteiger partial charge in [0.25, 0.3) is 0 Å². The maximum Gasteiger partial charge on any atom is 0.472 e. The van der Waals surface area contributed by atoms with Gasteiger partial charge in [0.1, 0.15) is 19.3 Å². The summed E-state index contributed by atoms with van der Waals surface area (Å²) in [5.41, 5.74) is 0. The van der Waals surface area contributed by atoms with Crippen LogP contribution in [0.2, 0.25) is 0 Å². The summed E-state index contributed by atoms with van der Waals surface area (Å²) in [5.74, 6) is 6.15. The van der Waals surface area contributed by atoms with E-state index in [0.717, 1.165) is 48.3 Å². The Kier molecular flexibility index (Phi) is 33.7. The van der Waals surface area contributed by atoms with Gasteiger partial charge in [-0.1, -0.05) is 185 Å². The van der Waals surface area contributed by atoms with Gasteiger partial charge in [0.2, 0.25) is 0 Å². The van der Waals surface area contributed by atoms with Gasteiger partial charge in [0, 0.05) is 13.2 Å². The predicted molar refractivity (Wildman–Crippen MR) is 242 cm³/mol. The summed E-state index contributed by atoms with van der Waals surface area (Å²) in [6.45, 7) is 26.0. The minimum absolute atomic E-state index is 0.0233. The van der Waals surface area contributed by atoms with Crippen molar-refractivity contribution in [1.82, 2.24) is 0 Å². The Labute approximate surface area is 351 Å². The summed E-state index contributed by atoms with van der Waals surface area (Å²) >= 11 is 0. The van der Waals surface area contributed by atoms with E-state index in [-0.39, 0.29) is 13.2 Å². The summed E-state index contributed by atoms with van der Waals surface area (Å²) < 4.78 is 36.3. The Bertz CT molecular complexity index is 926. The van der Waals surface area contributed by atoms with Crippen LogP contribution < -0.4 is 0 Å². The van der Waals surface area contributed by atoms with E-state index in [4.69, 9.17) is 18.5 Å². The Morgan fingerprint density at radius 3 is 1.14 bits per heavy atom. The minimum atomic E-state index is -4.17. The normalized spacial score (nSPS) is 17.5. The zero-order valence-corrected chi connectivity index (χ0v) is 40.9. The summed E-state index contributed by atoms with van der Waals surface area (Å²) in [6, 6.07) is 0. The highest BCUT2D eigenvalue weighted by atomic mass is 31.2. The fourth-order valence-electron chi connectivity index (χ4n) is 7.60. The highest BCUT2D eigenvalue weighted by Crippen LogP contribution is 2.43. The molecule has 0 heterocycles. The lowest BCUT2D eigenvalue weighted by atomic mass is 9.91. The molecule has 0 rings (SSSR count). The fourth-order valence-corrected chi connectivity index (χ4v) is 8.34. The fraction of sp³-hybridized carbons (Fsp3) is 1.00. The van der Waals surface area contributed by atoms with E-state index in [0.29, 0.717) is 42.7 Å². The second-order valence-corrected chi connectivity index (χ2v) is 22.2. The average molecular weight is 819 g/mol. The number of hydrogen-bond donors (Lipinski definition) is 1. The molecule has 0 amide bonds. The first-order valence-corrected chi connectivity index (χ1v) is 25.4. The maximum atomic E-state index is 12.6. The molecule has 0 aromatic heterocycles. The van der Waals surface area contributed by atoms with Gasteiger partial charge in [0.15, 0.2) is 0 Å². The van der Waals surface area contributed by atoms with Gasteiger partial charge in [-0.3, -0.25) is 9.05 Å². The van der Waals surface area contributed by atoms with E-state index in [2.05, 4.69) is 69.2 Å². The Morgan fingerprint density at radius 2 is 0.786 bits per heavy atom. The molecule has 7 nitrogen and oxygen atoms in total. The van der Waals surface area contributed by atoms with Crippen LogP contribution >= 0.6 is 7.82 Å². The van der Waals surface area contributed by atoms with Crippen LogP contribution in [0.15, 0.2) is 0 Å². The van der Waals surface area contributed by atoms with Crippen LogP contribution in [0.5, 0.6) is 0 Å². The van der Waals surface area contributed by atoms with Crippen molar-refractivity contribution in [3.05, 3.63) is 0 Å². The van der Waals surface area contributed by atoms with Crippen LogP contribution in [-0.2, 0) is 23.1 Å². The second-order valence-electron chi connectivity index (χ2n) is 20.8. The topological polar surface area (TPSA) is 74.2 Å². The molecule has 0 spiro atoms. The highest BCUT2D eigenvalue weighted by Gasteiger charge is 2.25. The highest BCUT2D eigenvalue weighted by molar-refractivity contribution is 7.47. The SMILES string of the molecule is CC(C)CCC[C@@H](C)CCC[C@@H](C)CCC[C@@H](C)CCOC[C@H](COP(=O)(O)OCC[N+](C)(C)C)OCC[C@H](C)CCC[C@H](C)CCC[C@H](C)CCCC(C)C. The van der Waals surface area contributed by atoms with E-state index in [1.165, 1.54) is 116 Å². The van der Waals surface area contributed by atoms with Crippen LogP contribution in [-0.4, -0.2) is 76.2 Å². The molecule has 0 radical (unpaired) electrons. The van der Waals surface area contributed by atoms with Gasteiger partial charge in [-0.05, 0) is 60.2 Å². The third-order valence-corrected chi connectivity index (χ3v) is 13.0. The summed E-state index contributed by atoms with van der Waals surface area (Å²) in [6.07, 6.45) is 25.6. The summed E-state index contributed by atoms with van der Waals surface area (Å²) in [5, 5.41) is 0. The monoisotopic (exact) mass is 819 g/mol. The molecule has 0 aromatic carbocycles. The van der Waals surface area contributed by atoms with E-state index >= 15 is 0 Å². The molecule has 8 atom stereocenters. The molecule has 0 saturated carbocycles. The van der Waals surface area contributed by atoms with E-state index < -0.39 is 13.9 Å². The predicted octanol–water partition coefficient (Wildman–Crippen LogP) is 14.2. The number of likely N-dealkylation sites (N-methyl/N-ethyl adjacent to an activating group) is 1. The molecular weight excluding hydrogens is 718 g/mol. The minimum Gasteiger partial charge on any atom is -0.379 e. The van der Waals surface area contributed by atoms with Crippen molar-refractivity contribution >= 4 is 7.82 Å². The van der Waals surface area contributed by atoms with Gasteiger partial charge >= 0.3 is 7.82 Å². The molecule has 1 unspecified atom stereocenters. The Morgan fingerprint density at radius 1 is 0.446 bits per heavy atom. The lowest BCUT2D eigenvalue weighted by molar-refractivity contribution is -0.870. The van der Waals surface area contributed by atoms with Crippen molar-refractivity contribution < 1.29 is 32.5 Å². The zero-order valence-electron chi connectivity index (χ0n) is 40.0. The van der Waals surface area contributed by atoms with Crippen molar-refractivity contribution in [3.8, 4) is 0 Å². The number of quaternary nitrogens is 1. The van der Waals surface area contributed by atoms with Crippen LogP contribution in [0.3, 0.4) is 0 Å². The molecule has 8 heteroatoms. The van der Waals surface area contributed by atoms with Crippen molar-refractivity contribution in [2.24, 2.45) is 47.3 Å². The summed E-state index contributed by atoms with van der Waals surface area (Å²) in [7, 11) is 1.89. The largest absolute Gasteiger partial charge is 0.472 e. The molecule has 56 heavy (non-hydrogen) atoms. The molecule has 0 bridgehead atoms. The van der Waals surface area contributed by atoms with Gasteiger partial charge in [-0.2, -0.15) is 0 Å². The first-order chi connectivity index (χ1) is 26.3. The third kappa shape index (κ3) is 38.2. The number of nitrogens with zero attached hydrogens (tertiary/aromatic N) is 1. The van der Waals surface area contributed by atoms with Crippen LogP contribution in [0.25, 0.3) is 0 Å². The van der Waals surface area contributed by atoms with Gasteiger partial charge in [0.05, 0.1) is 34.4 Å². The number of hydrogen-bond acceptors (Lipinski definition) is 5. The van der Waals surface area contributed by atoms with Crippen molar-refractivity contribution in [2.45, 2.75) is 204 Å². The Hall–Kier alpha value is -0.0100. The van der Waals surface area contributed by atoms with E-state index in [1.54, 1.807) is 0 Å². The number of phosphoric acid groups is 1. The number of rotatable bonds is 40. The maximum absolute atomic E-state index is 12.6. The van der Waals surface area contributed by atoms with Crippen LogP contribution in [0.4, 0.5) is 0 Å². The molecular formula is C48H101NO6P+. The van der Waals surface area contributed by atoms with E-state index in [1.807, 2.05) is 21.1 Å². The van der Waals surface area contributed by atoms with Crippen molar-refractivity contribution in [1.29, 1.82) is 0 Å². The van der Waals surface area contributed by atoms with Gasteiger partial charge in [-0.15, -0.1) is 0 Å². The molecule has 0 aliphatic carbocycles. The van der Waals surface area contributed by atoms with E-state index in [9.17, 15) is 9.46 Å². The lowest BCUT2D eigenvalue weighted by Crippen LogP contribution is -2.37. The molecule has 338 valence electrons. The Balaban J connectivity index is 4.55. The number of phosphoric ester groups is 1. The molecule has 0 saturated heterocycles. The second kappa shape index (κ2) is 33.7. The lowest BCUT2D eigenvalue weighted by Gasteiger charge is -2.24. The van der Waals surface area contributed by atoms with Gasteiger partial charge < -0.3 is 18.9 Å². The quantitative estimate of drug-likeness (QED) is 0.0377. The first kappa shape index (κ1) is 56.0. The molecule has 0 fully saturated rings. The molecule has 1 N–H and O–H groups in total. The van der Waals surface area contributed by atoms with Crippen molar-refractivity contribution in [2.75, 3.05) is 60.7 Å². The first-order valence-electron chi connectivity index (χ1n) is 23.9. The molecule has 0 aromatic rings. The molecule has 0 aliphatic heterocycles. The average Bonchev–Trinajstić information content (AvgIpc) is 3.07. The van der Waals surface area contributed by atoms with Crippen molar-refractivity contribution in [3.63, 3.8) is 0 Å². The van der Waals surface area contributed by atoms with Crippen LogP contribution in [0, 0.1) is 47.3 Å². The smallest absolute Gasteiger partial charge is 0.379 e. The standard InChI is InChI=1S/C48H100NO6P/c1-40(2)20-14-22-42(5)24-16-26-44(7)28-18-30-46(9)32-35-52-38-48(39-55-56(50,51)54-37-34-49(11,12)13)53-36-33-47(10)31-19-29-45(8)27-17-25-43(6)23-15-21-41(3)4/h40-48H,14-39H2,1-13H3/p+1/t42-,43-,44-,45-,46-,47-,48-/m1/s1. The number of ether oxygens (including phenoxy) is 2. The van der Waals surface area contributed by atoms with Gasteiger partial charge in [-0.25, -0.2) is 4.57 Å². The molecule has 0 aliphatic rings. The zero-order chi connectivity index (χ0) is 42.4.